The molecule has 0 heterocycles. The van der Waals surface area contributed by atoms with Crippen molar-refractivity contribution in [3.63, 3.8) is 0 Å². The fourth-order valence-electron chi connectivity index (χ4n) is 2.69. The first kappa shape index (κ1) is 15.3. The fourth-order valence-corrected chi connectivity index (χ4v) is 3.14. The van der Waals surface area contributed by atoms with Crippen molar-refractivity contribution in [2.24, 2.45) is 0 Å². The maximum Gasteiger partial charge on any atom is 0.252 e. The van der Waals surface area contributed by atoms with Crippen LogP contribution in [-0.4, -0.2) is 37.0 Å². The van der Waals surface area contributed by atoms with Crippen molar-refractivity contribution in [1.29, 1.82) is 0 Å². The number of rotatable bonds is 5. The predicted molar refractivity (Wildman–Crippen MR) is 85.8 cm³/mol. The molecule has 2 rings (SSSR count). The molecule has 1 fully saturated rings. The molecule has 1 aromatic carbocycles. The van der Waals surface area contributed by atoms with Gasteiger partial charge in [0.2, 0.25) is 0 Å². The quantitative estimate of drug-likeness (QED) is 0.810. The topological polar surface area (TPSA) is 58.4 Å². The lowest BCUT2D eigenvalue weighted by atomic mass is 10.2. The highest BCUT2D eigenvalue weighted by molar-refractivity contribution is 9.10. The number of amides is 1. The molecule has 1 amide bonds. The molecule has 3 N–H and O–H groups in total. The summed E-state index contributed by atoms with van der Waals surface area (Å²) in [6.07, 6.45) is 5.23. The van der Waals surface area contributed by atoms with Crippen LogP contribution in [0.4, 0.5) is 5.69 Å². The summed E-state index contributed by atoms with van der Waals surface area (Å²) < 4.78 is 0.668. The molecule has 1 aromatic rings. The standard InChI is InChI=1S/C15H22BrN3O/c1-19(11-5-2-3-6-11)10-9-18-15(20)12-7-4-8-13(17)14(12)16/h4,7-8,11H,2-3,5-6,9-10,17H2,1H3,(H,18,20). The number of nitrogens with one attached hydrogen (secondary N) is 1. The van der Waals surface area contributed by atoms with Crippen LogP contribution in [0.5, 0.6) is 0 Å². The van der Waals surface area contributed by atoms with Crippen molar-refractivity contribution in [3.05, 3.63) is 28.2 Å². The smallest absolute Gasteiger partial charge is 0.252 e. The molecular formula is C15H22BrN3O. The summed E-state index contributed by atoms with van der Waals surface area (Å²) in [5.41, 5.74) is 6.96. The molecule has 0 bridgehead atoms. The Morgan fingerprint density at radius 1 is 1.45 bits per heavy atom. The monoisotopic (exact) mass is 339 g/mol. The number of anilines is 1. The molecule has 0 radical (unpaired) electrons. The van der Waals surface area contributed by atoms with Crippen LogP contribution in [-0.2, 0) is 0 Å². The Morgan fingerprint density at radius 3 is 2.85 bits per heavy atom. The van der Waals surface area contributed by atoms with E-state index in [4.69, 9.17) is 5.73 Å². The maximum absolute atomic E-state index is 12.1. The summed E-state index contributed by atoms with van der Waals surface area (Å²) in [5.74, 6) is -0.0796. The summed E-state index contributed by atoms with van der Waals surface area (Å²) in [7, 11) is 2.14. The number of carbonyl (C=O) groups excluding carboxylic acids is 1. The van der Waals surface area contributed by atoms with Crippen molar-refractivity contribution in [2.75, 3.05) is 25.9 Å². The van der Waals surface area contributed by atoms with Gasteiger partial charge in [-0.15, -0.1) is 0 Å². The molecule has 0 aliphatic heterocycles. The lowest BCUT2D eigenvalue weighted by Crippen LogP contribution is -2.37. The van der Waals surface area contributed by atoms with Gasteiger partial charge in [-0.3, -0.25) is 4.79 Å². The Bertz CT molecular complexity index is 472. The number of hydrogen-bond donors (Lipinski definition) is 2. The minimum atomic E-state index is -0.0796. The molecule has 5 heteroatoms. The molecule has 0 unspecified atom stereocenters. The molecule has 0 saturated heterocycles. The molecular weight excluding hydrogens is 318 g/mol. The van der Waals surface area contributed by atoms with Gasteiger partial charge < -0.3 is 16.0 Å². The van der Waals surface area contributed by atoms with Gasteiger partial charge in [0.1, 0.15) is 0 Å². The van der Waals surface area contributed by atoms with E-state index in [9.17, 15) is 4.79 Å². The van der Waals surface area contributed by atoms with Crippen LogP contribution in [0.15, 0.2) is 22.7 Å². The van der Waals surface area contributed by atoms with Crippen LogP contribution < -0.4 is 11.1 Å². The average molecular weight is 340 g/mol. The Hall–Kier alpha value is -1.07. The van der Waals surface area contributed by atoms with Crippen LogP contribution in [0.25, 0.3) is 0 Å². The zero-order valence-corrected chi connectivity index (χ0v) is 13.4. The highest BCUT2D eigenvalue weighted by Gasteiger charge is 2.19. The third kappa shape index (κ3) is 3.73. The number of hydrogen-bond acceptors (Lipinski definition) is 3. The largest absolute Gasteiger partial charge is 0.398 e. The Morgan fingerprint density at radius 2 is 2.15 bits per heavy atom. The number of nitrogen functional groups attached to an aromatic ring is 1. The molecule has 1 saturated carbocycles. The molecule has 0 atom stereocenters. The fraction of sp³-hybridized carbons (Fsp3) is 0.533. The first-order valence-corrected chi connectivity index (χ1v) is 7.91. The lowest BCUT2D eigenvalue weighted by Gasteiger charge is -2.23. The van der Waals surface area contributed by atoms with Crippen LogP contribution in [0.2, 0.25) is 0 Å². The molecule has 110 valence electrons. The number of benzene rings is 1. The van der Waals surface area contributed by atoms with E-state index < -0.39 is 0 Å². The highest BCUT2D eigenvalue weighted by atomic mass is 79.9. The molecule has 20 heavy (non-hydrogen) atoms. The molecule has 1 aliphatic rings. The number of nitrogens with zero attached hydrogens (tertiary/aromatic N) is 1. The summed E-state index contributed by atoms with van der Waals surface area (Å²) in [5, 5.41) is 2.96. The van der Waals surface area contributed by atoms with Gasteiger partial charge in [0.25, 0.3) is 5.91 Å². The van der Waals surface area contributed by atoms with E-state index in [1.807, 2.05) is 0 Å². The van der Waals surface area contributed by atoms with Crippen LogP contribution in [0.1, 0.15) is 36.0 Å². The van der Waals surface area contributed by atoms with E-state index in [1.54, 1.807) is 18.2 Å². The average Bonchev–Trinajstić information content (AvgIpc) is 2.95. The van der Waals surface area contributed by atoms with E-state index in [1.165, 1.54) is 25.7 Å². The third-order valence-corrected chi connectivity index (χ3v) is 4.86. The highest BCUT2D eigenvalue weighted by Crippen LogP contribution is 2.24. The van der Waals surface area contributed by atoms with Crippen LogP contribution in [0.3, 0.4) is 0 Å². The number of likely N-dealkylation sites (N-methyl/N-ethyl adjacent to an activating group) is 1. The van der Waals surface area contributed by atoms with Crippen LogP contribution in [0, 0.1) is 0 Å². The van der Waals surface area contributed by atoms with Gasteiger partial charge in [0, 0.05) is 24.8 Å². The maximum atomic E-state index is 12.1. The molecule has 0 spiro atoms. The molecule has 1 aliphatic carbocycles. The predicted octanol–water partition coefficient (Wildman–Crippen LogP) is 2.64. The van der Waals surface area contributed by atoms with Gasteiger partial charge in [-0.05, 0) is 48.0 Å². The zero-order valence-electron chi connectivity index (χ0n) is 11.9. The normalized spacial score (nSPS) is 15.8. The van der Waals surface area contributed by atoms with E-state index in [-0.39, 0.29) is 5.91 Å². The van der Waals surface area contributed by atoms with Gasteiger partial charge in [-0.2, -0.15) is 0 Å². The summed E-state index contributed by atoms with van der Waals surface area (Å²) in [4.78, 5) is 14.5. The second-order valence-corrected chi connectivity index (χ2v) is 6.18. The van der Waals surface area contributed by atoms with Crippen molar-refractivity contribution >= 4 is 27.5 Å². The van der Waals surface area contributed by atoms with Crippen molar-refractivity contribution in [1.82, 2.24) is 10.2 Å². The zero-order chi connectivity index (χ0) is 14.5. The van der Waals surface area contributed by atoms with Crippen molar-refractivity contribution < 1.29 is 4.79 Å². The van der Waals surface area contributed by atoms with E-state index in [0.717, 1.165) is 6.54 Å². The number of halogens is 1. The Kier molecular flexibility index (Phi) is 5.43. The second kappa shape index (κ2) is 7.09. The first-order chi connectivity index (χ1) is 9.59. The first-order valence-electron chi connectivity index (χ1n) is 7.12. The summed E-state index contributed by atoms with van der Waals surface area (Å²) >= 11 is 3.36. The third-order valence-electron chi connectivity index (χ3n) is 3.97. The van der Waals surface area contributed by atoms with Gasteiger partial charge in [-0.1, -0.05) is 18.9 Å². The second-order valence-electron chi connectivity index (χ2n) is 5.38. The van der Waals surface area contributed by atoms with Gasteiger partial charge >= 0.3 is 0 Å². The minimum Gasteiger partial charge on any atom is -0.398 e. The summed E-state index contributed by atoms with van der Waals surface area (Å²) in [6, 6.07) is 6.02. The molecule has 0 aromatic heterocycles. The van der Waals surface area contributed by atoms with Crippen LogP contribution >= 0.6 is 15.9 Å². The van der Waals surface area contributed by atoms with Gasteiger partial charge in [0.15, 0.2) is 0 Å². The van der Waals surface area contributed by atoms with E-state index in [2.05, 4.69) is 33.2 Å². The SMILES string of the molecule is CN(CCNC(=O)c1cccc(N)c1Br)C1CCCC1. The van der Waals surface area contributed by atoms with Gasteiger partial charge in [-0.25, -0.2) is 0 Å². The lowest BCUT2D eigenvalue weighted by molar-refractivity contribution is 0.0946. The Balaban J connectivity index is 1.81. The van der Waals surface area contributed by atoms with E-state index >= 15 is 0 Å². The Labute approximate surface area is 128 Å². The minimum absolute atomic E-state index is 0.0796. The van der Waals surface area contributed by atoms with Crippen molar-refractivity contribution in [3.8, 4) is 0 Å². The van der Waals surface area contributed by atoms with E-state index in [0.29, 0.717) is 28.3 Å². The molecule has 4 nitrogen and oxygen atoms in total. The summed E-state index contributed by atoms with van der Waals surface area (Å²) in [6.45, 7) is 1.55. The number of nitrogens with two attached hydrogens (primary N) is 1. The van der Waals surface area contributed by atoms with Crippen molar-refractivity contribution in [2.45, 2.75) is 31.7 Å². The number of carbonyl (C=O) groups is 1. The van der Waals surface area contributed by atoms with Gasteiger partial charge in [0.05, 0.1) is 10.0 Å².